The van der Waals surface area contributed by atoms with E-state index in [0.29, 0.717) is 0 Å². The lowest BCUT2D eigenvalue weighted by Crippen LogP contribution is -2.18. The third-order valence-electron chi connectivity index (χ3n) is 2.25. The molecule has 0 fully saturated rings. The zero-order chi connectivity index (χ0) is 13.8. The summed E-state index contributed by atoms with van der Waals surface area (Å²) in [5.41, 5.74) is -0.711. The van der Waals surface area contributed by atoms with Crippen LogP contribution in [0.15, 0.2) is 24.3 Å². The standard InChI is InChI=1S/C12H13F3O3/c1-3-18-11(16)10(17-2)8-5-4-6-9(7-8)12(13,14)15/h4-7,10H,3H2,1-2H3. The molecule has 1 aromatic carbocycles. The van der Waals surface area contributed by atoms with Crippen LogP contribution >= 0.6 is 0 Å². The highest BCUT2D eigenvalue weighted by Gasteiger charge is 2.32. The molecule has 0 aliphatic heterocycles. The minimum atomic E-state index is -4.46. The van der Waals surface area contributed by atoms with Gasteiger partial charge >= 0.3 is 12.1 Å². The van der Waals surface area contributed by atoms with E-state index < -0.39 is 23.8 Å². The smallest absolute Gasteiger partial charge is 0.416 e. The zero-order valence-electron chi connectivity index (χ0n) is 9.95. The number of benzene rings is 1. The lowest BCUT2D eigenvalue weighted by atomic mass is 10.1. The maximum Gasteiger partial charge on any atom is 0.416 e. The Morgan fingerprint density at radius 1 is 1.39 bits per heavy atom. The van der Waals surface area contributed by atoms with E-state index in [4.69, 9.17) is 9.47 Å². The molecule has 0 radical (unpaired) electrons. The van der Waals surface area contributed by atoms with Gasteiger partial charge < -0.3 is 9.47 Å². The Labute approximate surface area is 103 Å². The monoisotopic (exact) mass is 262 g/mol. The van der Waals surface area contributed by atoms with Gasteiger partial charge in [-0.2, -0.15) is 13.2 Å². The number of ether oxygens (including phenoxy) is 2. The van der Waals surface area contributed by atoms with Gasteiger partial charge in [-0.25, -0.2) is 4.79 Å². The summed E-state index contributed by atoms with van der Waals surface area (Å²) in [6, 6.07) is 4.43. The molecule has 0 N–H and O–H groups in total. The number of rotatable bonds is 4. The fraction of sp³-hybridized carbons (Fsp3) is 0.417. The topological polar surface area (TPSA) is 35.5 Å². The van der Waals surface area contributed by atoms with Gasteiger partial charge in [-0.05, 0) is 24.6 Å². The van der Waals surface area contributed by atoms with Gasteiger partial charge in [-0.15, -0.1) is 0 Å². The first-order valence-electron chi connectivity index (χ1n) is 5.26. The summed E-state index contributed by atoms with van der Waals surface area (Å²) in [5, 5.41) is 0. The minimum Gasteiger partial charge on any atom is -0.464 e. The fourth-order valence-corrected chi connectivity index (χ4v) is 1.46. The van der Waals surface area contributed by atoms with Crippen LogP contribution in [-0.2, 0) is 20.4 Å². The van der Waals surface area contributed by atoms with Crippen LogP contribution in [0.4, 0.5) is 13.2 Å². The highest BCUT2D eigenvalue weighted by atomic mass is 19.4. The highest BCUT2D eigenvalue weighted by Crippen LogP contribution is 2.31. The molecule has 0 aliphatic rings. The van der Waals surface area contributed by atoms with Crippen LogP contribution in [0.1, 0.15) is 24.2 Å². The van der Waals surface area contributed by atoms with Gasteiger partial charge in [-0.3, -0.25) is 0 Å². The average Bonchev–Trinajstić information content (AvgIpc) is 2.29. The van der Waals surface area contributed by atoms with E-state index in [2.05, 4.69) is 0 Å². The third-order valence-corrected chi connectivity index (χ3v) is 2.25. The molecular weight excluding hydrogens is 249 g/mol. The Morgan fingerprint density at radius 2 is 2.06 bits per heavy atom. The van der Waals surface area contributed by atoms with Crippen LogP contribution in [-0.4, -0.2) is 19.7 Å². The second-order valence-electron chi connectivity index (χ2n) is 3.49. The minimum absolute atomic E-state index is 0.116. The summed E-state index contributed by atoms with van der Waals surface area (Å²) < 4.78 is 47.2. The lowest BCUT2D eigenvalue weighted by molar-refractivity contribution is -0.155. The Hall–Kier alpha value is -1.56. The molecular formula is C12H13F3O3. The molecule has 0 aliphatic carbocycles. The second kappa shape index (κ2) is 5.86. The number of esters is 1. The SMILES string of the molecule is CCOC(=O)C(OC)c1cccc(C(F)(F)F)c1. The van der Waals surface area contributed by atoms with E-state index in [0.717, 1.165) is 12.1 Å². The maximum absolute atomic E-state index is 12.5. The quantitative estimate of drug-likeness (QED) is 0.782. The molecule has 3 nitrogen and oxygen atoms in total. The fourth-order valence-electron chi connectivity index (χ4n) is 1.46. The summed E-state index contributed by atoms with van der Waals surface area (Å²) in [6.45, 7) is 1.74. The molecule has 0 saturated carbocycles. The van der Waals surface area contributed by atoms with Crippen LogP contribution in [0.5, 0.6) is 0 Å². The van der Waals surface area contributed by atoms with E-state index in [1.807, 2.05) is 0 Å². The predicted octanol–water partition coefficient (Wildman–Crippen LogP) is 2.96. The van der Waals surface area contributed by atoms with Gasteiger partial charge in [0.25, 0.3) is 0 Å². The molecule has 0 saturated heterocycles. The van der Waals surface area contributed by atoms with Crippen LogP contribution in [0.25, 0.3) is 0 Å². The first-order valence-corrected chi connectivity index (χ1v) is 5.26. The number of alkyl halides is 3. The molecule has 0 amide bonds. The number of hydrogen-bond donors (Lipinski definition) is 0. The van der Waals surface area contributed by atoms with Crippen molar-refractivity contribution in [2.24, 2.45) is 0 Å². The van der Waals surface area contributed by atoms with Crippen LogP contribution in [0.3, 0.4) is 0 Å². The average molecular weight is 262 g/mol. The highest BCUT2D eigenvalue weighted by molar-refractivity contribution is 5.76. The normalized spacial score (nSPS) is 13.2. The number of carbonyl (C=O) groups excluding carboxylic acids is 1. The van der Waals surface area contributed by atoms with Gasteiger partial charge in [0.1, 0.15) is 0 Å². The van der Waals surface area contributed by atoms with E-state index >= 15 is 0 Å². The Balaban J connectivity index is 3.04. The van der Waals surface area contributed by atoms with E-state index in [-0.39, 0.29) is 12.2 Å². The molecule has 1 rings (SSSR count). The van der Waals surface area contributed by atoms with Gasteiger partial charge in [0.2, 0.25) is 0 Å². The van der Waals surface area contributed by atoms with Crippen molar-refractivity contribution in [3.63, 3.8) is 0 Å². The summed E-state index contributed by atoms with van der Waals surface area (Å²) in [7, 11) is 1.24. The van der Waals surface area contributed by atoms with Crippen molar-refractivity contribution in [1.29, 1.82) is 0 Å². The number of carbonyl (C=O) groups is 1. The summed E-state index contributed by atoms with van der Waals surface area (Å²) in [4.78, 5) is 11.5. The molecule has 0 heterocycles. The van der Waals surface area contributed by atoms with Gasteiger partial charge in [-0.1, -0.05) is 12.1 Å². The molecule has 1 atom stereocenters. The van der Waals surface area contributed by atoms with Crippen molar-refractivity contribution in [2.75, 3.05) is 13.7 Å². The molecule has 100 valence electrons. The zero-order valence-corrected chi connectivity index (χ0v) is 9.95. The largest absolute Gasteiger partial charge is 0.464 e. The number of methoxy groups -OCH3 is 1. The molecule has 6 heteroatoms. The van der Waals surface area contributed by atoms with Gasteiger partial charge in [0.05, 0.1) is 12.2 Å². The van der Waals surface area contributed by atoms with Crippen molar-refractivity contribution in [3.8, 4) is 0 Å². The van der Waals surface area contributed by atoms with E-state index in [1.165, 1.54) is 19.2 Å². The molecule has 18 heavy (non-hydrogen) atoms. The van der Waals surface area contributed by atoms with Crippen LogP contribution in [0, 0.1) is 0 Å². The van der Waals surface area contributed by atoms with E-state index in [9.17, 15) is 18.0 Å². The summed E-state index contributed by atoms with van der Waals surface area (Å²) >= 11 is 0. The molecule has 0 spiro atoms. The van der Waals surface area contributed by atoms with Crippen LogP contribution < -0.4 is 0 Å². The number of hydrogen-bond acceptors (Lipinski definition) is 3. The van der Waals surface area contributed by atoms with Crippen molar-refractivity contribution in [1.82, 2.24) is 0 Å². The Bertz CT molecular complexity index is 415. The third kappa shape index (κ3) is 3.46. The Morgan fingerprint density at radius 3 is 2.56 bits per heavy atom. The Kier molecular flexibility index (Phi) is 4.72. The van der Waals surface area contributed by atoms with Crippen molar-refractivity contribution < 1.29 is 27.4 Å². The summed E-state index contributed by atoms with van der Waals surface area (Å²) in [6.07, 6.45) is -5.60. The number of halogens is 3. The molecule has 0 bridgehead atoms. The van der Waals surface area contributed by atoms with Gasteiger partial charge in [0, 0.05) is 7.11 Å². The first-order chi connectivity index (χ1) is 8.40. The maximum atomic E-state index is 12.5. The molecule has 0 aromatic heterocycles. The van der Waals surface area contributed by atoms with E-state index in [1.54, 1.807) is 6.92 Å². The molecule has 1 aromatic rings. The van der Waals surface area contributed by atoms with Crippen molar-refractivity contribution >= 4 is 5.97 Å². The molecule has 1 unspecified atom stereocenters. The van der Waals surface area contributed by atoms with Crippen molar-refractivity contribution in [3.05, 3.63) is 35.4 Å². The second-order valence-corrected chi connectivity index (χ2v) is 3.49. The van der Waals surface area contributed by atoms with Crippen LogP contribution in [0.2, 0.25) is 0 Å². The van der Waals surface area contributed by atoms with Crippen molar-refractivity contribution in [2.45, 2.75) is 19.2 Å². The summed E-state index contributed by atoms with van der Waals surface area (Å²) in [5.74, 6) is -0.709. The van der Waals surface area contributed by atoms with Gasteiger partial charge in [0.15, 0.2) is 6.10 Å². The lowest BCUT2D eigenvalue weighted by Gasteiger charge is -2.15. The predicted molar refractivity (Wildman–Crippen MR) is 57.8 cm³/mol. The first kappa shape index (κ1) is 14.5.